The van der Waals surface area contributed by atoms with Crippen LogP contribution in [0.25, 0.3) is 0 Å². The molecule has 0 spiro atoms. The average molecular weight is 546 g/mol. The highest BCUT2D eigenvalue weighted by Gasteiger charge is 2.58. The number of benzene rings is 1. The van der Waals surface area contributed by atoms with Gasteiger partial charge in [0.1, 0.15) is 11.9 Å². The molecule has 2 aliphatic heterocycles. The van der Waals surface area contributed by atoms with Crippen LogP contribution < -0.4 is 5.73 Å². The fraction of sp³-hybridized carbons (Fsp3) is 0.667. The van der Waals surface area contributed by atoms with E-state index >= 15 is 0 Å². The number of cyclic esters (lactones) is 1. The topological polar surface area (TPSA) is 122 Å². The predicted molar refractivity (Wildman–Crippen MR) is 148 cm³/mol. The summed E-state index contributed by atoms with van der Waals surface area (Å²) in [6, 6.07) is 5.64. The molecule has 38 heavy (non-hydrogen) atoms. The molecular formula is C30H43NO6S. The van der Waals surface area contributed by atoms with E-state index in [1.807, 2.05) is 32.0 Å². The van der Waals surface area contributed by atoms with Gasteiger partial charge in [0.15, 0.2) is 0 Å². The third-order valence-corrected chi connectivity index (χ3v) is 9.98. The van der Waals surface area contributed by atoms with Crippen molar-refractivity contribution in [3.63, 3.8) is 0 Å². The Hall–Kier alpha value is -1.87. The van der Waals surface area contributed by atoms with Crippen LogP contribution in [-0.2, 0) is 19.1 Å². The summed E-state index contributed by atoms with van der Waals surface area (Å²) in [6.45, 7) is 14.9. The number of fused-ring (bicyclic) bond motifs is 2. The number of aliphatic hydroxyl groups excluding tert-OH is 2. The highest BCUT2D eigenvalue weighted by molar-refractivity contribution is 8.03. The van der Waals surface area contributed by atoms with Crippen LogP contribution in [0, 0.1) is 29.1 Å². The number of ether oxygens (including phenoxy) is 2. The molecule has 1 saturated carbocycles. The lowest BCUT2D eigenvalue weighted by atomic mass is 9.72. The number of carbonyl (C=O) groups is 2. The van der Waals surface area contributed by atoms with Crippen LogP contribution in [0.3, 0.4) is 0 Å². The lowest BCUT2D eigenvalue weighted by Crippen LogP contribution is -2.46. The van der Waals surface area contributed by atoms with Gasteiger partial charge in [0.2, 0.25) is 0 Å². The fourth-order valence-electron chi connectivity index (χ4n) is 6.17. The first-order chi connectivity index (χ1) is 17.6. The molecule has 0 radical (unpaired) electrons. The largest absolute Gasteiger partial charge is 0.457 e. The molecular weight excluding hydrogens is 502 g/mol. The smallest absolute Gasteiger partial charge is 0.309 e. The Morgan fingerprint density at radius 1 is 1.16 bits per heavy atom. The van der Waals surface area contributed by atoms with Gasteiger partial charge in [-0.2, -0.15) is 0 Å². The molecule has 1 aromatic carbocycles. The van der Waals surface area contributed by atoms with Gasteiger partial charge in [-0.3, -0.25) is 9.59 Å². The number of aliphatic hydroxyl groups is 2. The summed E-state index contributed by atoms with van der Waals surface area (Å²) >= 11 is 1.49. The van der Waals surface area contributed by atoms with Crippen molar-refractivity contribution in [3.05, 3.63) is 35.2 Å². The predicted octanol–water partition coefficient (Wildman–Crippen LogP) is 5.05. The summed E-state index contributed by atoms with van der Waals surface area (Å²) in [5.74, 6) is -0.814. The van der Waals surface area contributed by atoms with Crippen molar-refractivity contribution < 1.29 is 29.3 Å². The Morgan fingerprint density at radius 3 is 2.47 bits per heavy atom. The van der Waals surface area contributed by atoms with Gasteiger partial charge in [0, 0.05) is 22.9 Å². The van der Waals surface area contributed by atoms with Gasteiger partial charge >= 0.3 is 5.97 Å². The van der Waals surface area contributed by atoms with Crippen molar-refractivity contribution in [2.75, 3.05) is 5.73 Å². The van der Waals surface area contributed by atoms with E-state index in [1.54, 1.807) is 20.8 Å². The van der Waals surface area contributed by atoms with Crippen LogP contribution in [0.1, 0.15) is 78.9 Å². The molecule has 7 nitrogen and oxygen atoms in total. The minimum Gasteiger partial charge on any atom is -0.457 e. The molecule has 3 aliphatic rings. The van der Waals surface area contributed by atoms with Crippen molar-refractivity contribution in [3.8, 4) is 0 Å². The van der Waals surface area contributed by atoms with E-state index in [9.17, 15) is 19.8 Å². The zero-order valence-electron chi connectivity index (χ0n) is 23.4. The van der Waals surface area contributed by atoms with Crippen LogP contribution in [0.2, 0.25) is 0 Å². The maximum absolute atomic E-state index is 13.4. The van der Waals surface area contributed by atoms with E-state index in [0.29, 0.717) is 23.9 Å². The fourth-order valence-corrected chi connectivity index (χ4v) is 6.86. The van der Waals surface area contributed by atoms with Crippen molar-refractivity contribution in [1.82, 2.24) is 0 Å². The number of hydrogen-bond acceptors (Lipinski definition) is 8. The Balaban J connectivity index is 1.61. The Labute approximate surface area is 230 Å². The number of nitrogen functional groups attached to an aromatic ring is 1. The normalized spacial score (nSPS) is 39.5. The SMILES string of the molecule is C=C(C)Sc1ccc([C@@H]2CC3OC3(C)CC3CC3[C@H](C)[C@H](O)[C@@H](C)C(=O)C(C)(C)[C@@H](O)CC(=O)O2)cc1N. The van der Waals surface area contributed by atoms with Gasteiger partial charge in [-0.25, -0.2) is 0 Å². The zero-order chi connectivity index (χ0) is 28.2. The second kappa shape index (κ2) is 10.6. The number of hydrogen-bond donors (Lipinski definition) is 3. The summed E-state index contributed by atoms with van der Waals surface area (Å²) in [4.78, 5) is 28.3. The van der Waals surface area contributed by atoms with E-state index in [1.165, 1.54) is 11.8 Å². The third kappa shape index (κ3) is 5.98. The maximum Gasteiger partial charge on any atom is 0.309 e. The number of carbonyl (C=O) groups excluding carboxylic acids is 2. The van der Waals surface area contributed by atoms with Crippen LogP contribution in [-0.4, -0.2) is 45.9 Å². The molecule has 3 fully saturated rings. The lowest BCUT2D eigenvalue weighted by molar-refractivity contribution is -0.156. The molecule has 1 aromatic rings. The van der Waals surface area contributed by atoms with Crippen molar-refractivity contribution in [2.24, 2.45) is 29.1 Å². The third-order valence-electron chi connectivity index (χ3n) is 9.04. The van der Waals surface area contributed by atoms with Crippen LogP contribution in [0.15, 0.2) is 34.6 Å². The van der Waals surface area contributed by atoms with E-state index in [0.717, 1.165) is 28.2 Å². The van der Waals surface area contributed by atoms with Gasteiger partial charge < -0.3 is 25.4 Å². The van der Waals surface area contributed by atoms with E-state index in [4.69, 9.17) is 15.2 Å². The first-order valence-corrected chi connectivity index (χ1v) is 14.5. The molecule has 1 aliphatic carbocycles. The van der Waals surface area contributed by atoms with E-state index < -0.39 is 35.6 Å². The highest BCUT2D eigenvalue weighted by Crippen LogP contribution is 2.56. The minimum atomic E-state index is -1.25. The molecule has 2 heterocycles. The Morgan fingerprint density at radius 2 is 1.84 bits per heavy atom. The van der Waals surface area contributed by atoms with Crippen molar-refractivity contribution >= 4 is 29.2 Å². The summed E-state index contributed by atoms with van der Waals surface area (Å²) < 4.78 is 12.1. The number of anilines is 1. The number of ketones is 1. The standard InChI is InChI=1S/C30H43NO6S/c1-15(2)38-23-9-8-18(11-21(23)31)22-12-25-30(7,37-25)14-19-10-20(19)16(3)27(34)17(4)28(35)29(5,6)24(32)13-26(33)36-22/h8-9,11,16-17,19-20,22,24-25,27,32,34H,1,10,12-14,31H2,2-7H3/t16-,17+,19?,20?,22-,24-,25?,27-,30?/m0/s1. The summed E-state index contributed by atoms with van der Waals surface area (Å²) in [6.07, 6.45) is -0.752. The molecule has 4 rings (SSSR count). The number of nitrogens with two attached hydrogens (primary N) is 1. The molecule has 2 saturated heterocycles. The minimum absolute atomic E-state index is 0.0446. The van der Waals surface area contributed by atoms with Crippen molar-refractivity contribution in [1.29, 1.82) is 0 Å². The lowest BCUT2D eigenvalue weighted by Gasteiger charge is -2.34. The maximum atomic E-state index is 13.4. The number of Topliss-reactive ketones (excluding diaryl/α,β-unsaturated/α-hetero) is 1. The summed E-state index contributed by atoms with van der Waals surface area (Å²) in [5.41, 5.74) is 6.12. The Kier molecular flexibility index (Phi) is 8.12. The number of rotatable bonds is 3. The first-order valence-electron chi connectivity index (χ1n) is 13.6. The van der Waals surface area contributed by atoms with Crippen molar-refractivity contribution in [2.45, 2.75) is 102 Å². The molecule has 9 atom stereocenters. The molecule has 0 bridgehead atoms. The van der Waals surface area contributed by atoms with E-state index in [-0.39, 0.29) is 29.8 Å². The number of esters is 1. The van der Waals surface area contributed by atoms with Crippen LogP contribution in [0.4, 0.5) is 5.69 Å². The molecule has 4 N–H and O–H groups in total. The Bertz CT molecular complexity index is 1100. The van der Waals surface area contributed by atoms with Gasteiger partial charge in [0.05, 0.1) is 35.7 Å². The van der Waals surface area contributed by atoms with Crippen LogP contribution >= 0.6 is 11.8 Å². The summed E-state index contributed by atoms with van der Waals surface area (Å²) in [5, 5.41) is 22.0. The second-order valence-electron chi connectivity index (χ2n) is 12.5. The highest BCUT2D eigenvalue weighted by atomic mass is 32.2. The average Bonchev–Trinajstić information content (AvgIpc) is 3.73. The monoisotopic (exact) mass is 545 g/mol. The quantitative estimate of drug-likeness (QED) is 0.209. The zero-order valence-corrected chi connectivity index (χ0v) is 24.2. The molecule has 210 valence electrons. The van der Waals surface area contributed by atoms with Gasteiger partial charge in [0.25, 0.3) is 0 Å². The molecule has 0 amide bonds. The number of allylic oxidation sites excluding steroid dienone is 1. The number of thioether (sulfide) groups is 1. The summed E-state index contributed by atoms with van der Waals surface area (Å²) in [7, 11) is 0. The van der Waals surface area contributed by atoms with Gasteiger partial charge in [-0.05, 0) is 67.0 Å². The second-order valence-corrected chi connectivity index (χ2v) is 13.9. The number of epoxide rings is 1. The first kappa shape index (κ1) is 29.1. The molecule has 4 unspecified atom stereocenters. The van der Waals surface area contributed by atoms with Crippen LogP contribution in [0.5, 0.6) is 0 Å². The van der Waals surface area contributed by atoms with Gasteiger partial charge in [-0.15, -0.1) is 0 Å². The molecule has 0 aromatic heterocycles. The molecule has 8 heteroatoms. The van der Waals surface area contributed by atoms with Gasteiger partial charge in [-0.1, -0.05) is 52.1 Å². The van der Waals surface area contributed by atoms with E-state index in [2.05, 4.69) is 13.5 Å².